The van der Waals surface area contributed by atoms with Gasteiger partial charge in [0.1, 0.15) is 0 Å². The van der Waals surface area contributed by atoms with Crippen LogP contribution in [0.5, 0.6) is 0 Å². The second-order valence-electron chi connectivity index (χ2n) is 4.28. The van der Waals surface area contributed by atoms with Gasteiger partial charge in [-0.15, -0.1) is 0 Å². The maximum absolute atomic E-state index is 8.73. The highest BCUT2D eigenvalue weighted by atomic mass is 17.1. The van der Waals surface area contributed by atoms with Gasteiger partial charge in [0, 0.05) is 0 Å². The molecular formula is C10H18O2. The molecule has 0 bridgehead atoms. The zero-order chi connectivity index (χ0) is 8.39. The standard InChI is InChI=1S/C10H18O2/c11-12-10-7-3-5-8-4-1-2-6-9(8)10/h8-11H,1-7H2. The number of hydrogen-bond acceptors (Lipinski definition) is 2. The van der Waals surface area contributed by atoms with Crippen molar-refractivity contribution in [2.45, 2.75) is 51.0 Å². The Morgan fingerprint density at radius 2 is 1.67 bits per heavy atom. The molecule has 2 aliphatic rings. The summed E-state index contributed by atoms with van der Waals surface area (Å²) in [4.78, 5) is 4.56. The van der Waals surface area contributed by atoms with E-state index in [0.717, 1.165) is 12.3 Å². The summed E-state index contributed by atoms with van der Waals surface area (Å²) in [5.74, 6) is 1.52. The third-order valence-electron chi connectivity index (χ3n) is 3.64. The zero-order valence-electron chi connectivity index (χ0n) is 7.54. The highest BCUT2D eigenvalue weighted by Crippen LogP contribution is 2.41. The molecule has 2 rings (SSSR count). The first-order valence-electron chi connectivity index (χ1n) is 5.22. The fourth-order valence-corrected chi connectivity index (χ4v) is 3.01. The normalized spacial score (nSPS) is 42.2. The third-order valence-corrected chi connectivity index (χ3v) is 3.64. The van der Waals surface area contributed by atoms with E-state index in [4.69, 9.17) is 5.26 Å². The van der Waals surface area contributed by atoms with Crippen LogP contribution in [0.3, 0.4) is 0 Å². The number of fused-ring (bicyclic) bond motifs is 1. The summed E-state index contributed by atoms with van der Waals surface area (Å²) in [5, 5.41) is 8.73. The van der Waals surface area contributed by atoms with E-state index in [0.29, 0.717) is 5.92 Å². The van der Waals surface area contributed by atoms with Crippen molar-refractivity contribution < 1.29 is 10.1 Å². The molecule has 12 heavy (non-hydrogen) atoms. The minimum absolute atomic E-state index is 0.157. The molecule has 2 fully saturated rings. The first kappa shape index (κ1) is 8.52. The SMILES string of the molecule is OOC1CCCC2CCCCC21. The van der Waals surface area contributed by atoms with Crippen LogP contribution in [0, 0.1) is 11.8 Å². The first-order chi connectivity index (χ1) is 5.92. The average molecular weight is 170 g/mol. The van der Waals surface area contributed by atoms with Gasteiger partial charge in [-0.2, -0.15) is 0 Å². The molecular weight excluding hydrogens is 152 g/mol. The maximum atomic E-state index is 8.73. The molecule has 3 atom stereocenters. The Morgan fingerprint density at radius 3 is 2.50 bits per heavy atom. The van der Waals surface area contributed by atoms with Crippen LogP contribution in [0.25, 0.3) is 0 Å². The zero-order valence-corrected chi connectivity index (χ0v) is 7.54. The van der Waals surface area contributed by atoms with Crippen molar-refractivity contribution in [1.82, 2.24) is 0 Å². The monoisotopic (exact) mass is 170 g/mol. The summed E-state index contributed by atoms with van der Waals surface area (Å²) >= 11 is 0. The molecule has 0 heterocycles. The van der Waals surface area contributed by atoms with Crippen molar-refractivity contribution in [3.63, 3.8) is 0 Å². The quantitative estimate of drug-likeness (QED) is 0.484. The van der Waals surface area contributed by atoms with Gasteiger partial charge in [-0.3, -0.25) is 5.26 Å². The number of rotatable bonds is 1. The summed E-state index contributed by atoms with van der Waals surface area (Å²) < 4.78 is 0. The van der Waals surface area contributed by atoms with Gasteiger partial charge >= 0.3 is 0 Å². The minimum Gasteiger partial charge on any atom is -0.252 e. The molecule has 0 saturated heterocycles. The molecule has 0 aromatic carbocycles. The Morgan fingerprint density at radius 1 is 0.917 bits per heavy atom. The minimum atomic E-state index is 0.157. The molecule has 0 amide bonds. The lowest BCUT2D eigenvalue weighted by Gasteiger charge is -2.39. The number of hydrogen-bond donors (Lipinski definition) is 1. The predicted octanol–water partition coefficient (Wildman–Crippen LogP) is 2.83. The Bertz CT molecular complexity index is 138. The van der Waals surface area contributed by atoms with E-state index < -0.39 is 0 Å². The molecule has 3 unspecified atom stereocenters. The van der Waals surface area contributed by atoms with Crippen molar-refractivity contribution in [2.24, 2.45) is 11.8 Å². The van der Waals surface area contributed by atoms with E-state index in [1.807, 2.05) is 0 Å². The smallest absolute Gasteiger partial charge is 0.0958 e. The highest BCUT2D eigenvalue weighted by molar-refractivity contribution is 4.85. The largest absolute Gasteiger partial charge is 0.252 e. The van der Waals surface area contributed by atoms with Gasteiger partial charge in [0.05, 0.1) is 6.10 Å². The molecule has 1 N–H and O–H groups in total. The molecule has 2 nitrogen and oxygen atoms in total. The molecule has 0 spiro atoms. The second-order valence-corrected chi connectivity index (χ2v) is 4.28. The Balaban J connectivity index is 1.99. The van der Waals surface area contributed by atoms with Gasteiger partial charge in [-0.05, 0) is 31.1 Å². The van der Waals surface area contributed by atoms with Crippen LogP contribution >= 0.6 is 0 Å². The maximum Gasteiger partial charge on any atom is 0.0958 e. The molecule has 0 aromatic rings. The Hall–Kier alpha value is -0.0800. The van der Waals surface area contributed by atoms with Gasteiger partial charge in [0.2, 0.25) is 0 Å². The summed E-state index contributed by atoms with van der Waals surface area (Å²) in [6.45, 7) is 0. The van der Waals surface area contributed by atoms with Crippen molar-refractivity contribution in [3.8, 4) is 0 Å². The highest BCUT2D eigenvalue weighted by Gasteiger charge is 2.35. The van der Waals surface area contributed by atoms with Crippen molar-refractivity contribution in [1.29, 1.82) is 0 Å². The molecule has 0 radical (unpaired) electrons. The topological polar surface area (TPSA) is 29.5 Å². The van der Waals surface area contributed by atoms with Crippen LogP contribution in [0.2, 0.25) is 0 Å². The fourth-order valence-electron chi connectivity index (χ4n) is 3.01. The van der Waals surface area contributed by atoms with Gasteiger partial charge in [0.15, 0.2) is 0 Å². The second kappa shape index (κ2) is 3.75. The van der Waals surface area contributed by atoms with Crippen LogP contribution < -0.4 is 0 Å². The van der Waals surface area contributed by atoms with Gasteiger partial charge < -0.3 is 0 Å². The van der Waals surface area contributed by atoms with Crippen LogP contribution in [0.15, 0.2) is 0 Å². The summed E-state index contributed by atoms with van der Waals surface area (Å²) in [7, 11) is 0. The van der Waals surface area contributed by atoms with E-state index in [2.05, 4.69) is 4.89 Å². The molecule has 70 valence electrons. The molecule has 0 aliphatic heterocycles. The van der Waals surface area contributed by atoms with Crippen LogP contribution in [-0.2, 0) is 4.89 Å². The van der Waals surface area contributed by atoms with Crippen LogP contribution in [0.1, 0.15) is 44.9 Å². The molecule has 2 heteroatoms. The Labute approximate surface area is 73.8 Å². The first-order valence-corrected chi connectivity index (χ1v) is 5.22. The van der Waals surface area contributed by atoms with Gasteiger partial charge in [-0.25, -0.2) is 4.89 Å². The lowest BCUT2D eigenvalue weighted by Crippen LogP contribution is -2.35. The van der Waals surface area contributed by atoms with E-state index >= 15 is 0 Å². The molecule has 0 aromatic heterocycles. The van der Waals surface area contributed by atoms with Gasteiger partial charge in [-0.1, -0.05) is 25.7 Å². The summed E-state index contributed by atoms with van der Waals surface area (Å²) in [6, 6.07) is 0. The van der Waals surface area contributed by atoms with E-state index in [-0.39, 0.29) is 6.10 Å². The predicted molar refractivity (Wildman–Crippen MR) is 46.8 cm³/mol. The third kappa shape index (κ3) is 1.50. The van der Waals surface area contributed by atoms with E-state index in [1.54, 1.807) is 0 Å². The lowest BCUT2D eigenvalue weighted by molar-refractivity contribution is -0.301. The Kier molecular flexibility index (Phi) is 2.66. The molecule has 2 saturated carbocycles. The lowest BCUT2D eigenvalue weighted by atomic mass is 9.69. The van der Waals surface area contributed by atoms with Crippen molar-refractivity contribution in [2.75, 3.05) is 0 Å². The van der Waals surface area contributed by atoms with E-state index in [1.165, 1.54) is 38.5 Å². The fraction of sp³-hybridized carbons (Fsp3) is 1.00. The average Bonchev–Trinajstić information content (AvgIpc) is 2.17. The van der Waals surface area contributed by atoms with E-state index in [9.17, 15) is 0 Å². The van der Waals surface area contributed by atoms with Gasteiger partial charge in [0.25, 0.3) is 0 Å². The van der Waals surface area contributed by atoms with Crippen molar-refractivity contribution >= 4 is 0 Å². The summed E-state index contributed by atoms with van der Waals surface area (Å²) in [5.41, 5.74) is 0. The van der Waals surface area contributed by atoms with Crippen molar-refractivity contribution in [3.05, 3.63) is 0 Å². The summed E-state index contributed by atoms with van der Waals surface area (Å²) in [6.07, 6.45) is 9.19. The molecule has 2 aliphatic carbocycles. The van der Waals surface area contributed by atoms with Crippen LogP contribution in [-0.4, -0.2) is 11.4 Å². The van der Waals surface area contributed by atoms with Crippen LogP contribution in [0.4, 0.5) is 0 Å².